The van der Waals surface area contributed by atoms with Gasteiger partial charge in [-0.3, -0.25) is 0 Å². The highest BCUT2D eigenvalue weighted by Gasteiger charge is 2.08. The minimum absolute atomic E-state index is 0.0677. The summed E-state index contributed by atoms with van der Waals surface area (Å²) < 4.78 is 5.44. The lowest BCUT2D eigenvalue weighted by Gasteiger charge is -2.04. The standard InChI is InChI=1S/C13H14N2O3/c1-8(16)9-2-4-10(5-3-9)11-6-7-12(18-11)13(14)15-17/h2-8,16-17H,1H3,(H2,14,15). The number of oxime groups is 1. The third kappa shape index (κ3) is 2.36. The van der Waals surface area contributed by atoms with Crippen molar-refractivity contribution >= 4 is 5.84 Å². The van der Waals surface area contributed by atoms with Crippen LogP contribution < -0.4 is 5.73 Å². The van der Waals surface area contributed by atoms with Gasteiger partial charge in [-0.15, -0.1) is 0 Å². The molecule has 0 aliphatic rings. The summed E-state index contributed by atoms with van der Waals surface area (Å²) in [5, 5.41) is 20.8. The monoisotopic (exact) mass is 246 g/mol. The molecule has 0 aliphatic carbocycles. The van der Waals surface area contributed by atoms with Gasteiger partial charge >= 0.3 is 0 Å². The van der Waals surface area contributed by atoms with Gasteiger partial charge in [-0.1, -0.05) is 29.4 Å². The molecule has 0 saturated carbocycles. The van der Waals surface area contributed by atoms with Gasteiger partial charge in [0.05, 0.1) is 6.10 Å². The molecule has 5 heteroatoms. The van der Waals surface area contributed by atoms with Crippen LogP contribution >= 0.6 is 0 Å². The minimum atomic E-state index is -0.497. The maximum atomic E-state index is 9.41. The van der Waals surface area contributed by atoms with Crippen LogP contribution in [0.5, 0.6) is 0 Å². The number of nitrogens with two attached hydrogens (primary N) is 1. The number of aliphatic hydroxyl groups excluding tert-OH is 1. The first-order valence-electron chi connectivity index (χ1n) is 5.48. The van der Waals surface area contributed by atoms with Crippen LogP contribution in [0.4, 0.5) is 0 Å². The second kappa shape index (κ2) is 4.93. The van der Waals surface area contributed by atoms with Crippen LogP contribution in [-0.4, -0.2) is 16.1 Å². The Hall–Kier alpha value is -2.27. The molecular weight excluding hydrogens is 232 g/mol. The molecule has 0 aliphatic heterocycles. The van der Waals surface area contributed by atoms with Crippen LogP contribution in [0.25, 0.3) is 11.3 Å². The number of hydrogen-bond donors (Lipinski definition) is 3. The Kier molecular flexibility index (Phi) is 3.34. The van der Waals surface area contributed by atoms with Crippen LogP contribution in [-0.2, 0) is 0 Å². The van der Waals surface area contributed by atoms with E-state index in [1.807, 2.05) is 24.3 Å². The van der Waals surface area contributed by atoms with Crippen LogP contribution in [0.3, 0.4) is 0 Å². The lowest BCUT2D eigenvalue weighted by Crippen LogP contribution is -2.11. The molecule has 0 amide bonds. The fraction of sp³-hybridized carbons (Fsp3) is 0.154. The van der Waals surface area contributed by atoms with Gasteiger partial charge in [-0.05, 0) is 24.6 Å². The van der Waals surface area contributed by atoms with Gasteiger partial charge in [-0.25, -0.2) is 0 Å². The van der Waals surface area contributed by atoms with Crippen LogP contribution in [0.2, 0.25) is 0 Å². The van der Waals surface area contributed by atoms with Crippen molar-refractivity contribution in [2.24, 2.45) is 10.9 Å². The Morgan fingerprint density at radius 1 is 1.22 bits per heavy atom. The predicted octanol–water partition coefficient (Wildman–Crippen LogP) is 2.09. The molecule has 0 bridgehead atoms. The second-order valence-electron chi connectivity index (χ2n) is 3.95. The lowest BCUT2D eigenvalue weighted by molar-refractivity contribution is 0.199. The summed E-state index contributed by atoms with van der Waals surface area (Å²) in [5.41, 5.74) is 7.12. The van der Waals surface area contributed by atoms with Crippen molar-refractivity contribution in [2.75, 3.05) is 0 Å². The van der Waals surface area contributed by atoms with E-state index in [4.69, 9.17) is 15.4 Å². The van der Waals surface area contributed by atoms with E-state index in [2.05, 4.69) is 5.16 Å². The van der Waals surface area contributed by atoms with Gasteiger partial charge in [-0.2, -0.15) is 0 Å². The Balaban J connectivity index is 2.29. The summed E-state index contributed by atoms with van der Waals surface area (Å²) in [6.07, 6.45) is -0.497. The minimum Gasteiger partial charge on any atom is -0.453 e. The highest BCUT2D eigenvalue weighted by molar-refractivity contribution is 5.94. The highest BCUT2D eigenvalue weighted by atomic mass is 16.4. The Morgan fingerprint density at radius 2 is 1.89 bits per heavy atom. The summed E-state index contributed by atoms with van der Waals surface area (Å²) in [6, 6.07) is 10.7. The maximum Gasteiger partial charge on any atom is 0.205 e. The maximum absolute atomic E-state index is 9.41. The van der Waals surface area contributed by atoms with E-state index in [0.29, 0.717) is 11.5 Å². The number of aliphatic hydroxyl groups is 1. The van der Waals surface area contributed by atoms with Crippen molar-refractivity contribution in [3.05, 3.63) is 47.7 Å². The first kappa shape index (κ1) is 12.2. The summed E-state index contributed by atoms with van der Waals surface area (Å²) in [6.45, 7) is 1.71. The van der Waals surface area contributed by atoms with E-state index in [9.17, 15) is 5.11 Å². The molecule has 1 aromatic heterocycles. The number of hydrogen-bond acceptors (Lipinski definition) is 4. The quantitative estimate of drug-likeness (QED) is 0.334. The van der Waals surface area contributed by atoms with Crippen molar-refractivity contribution in [1.29, 1.82) is 0 Å². The number of rotatable bonds is 3. The number of benzene rings is 1. The Labute approximate surface area is 104 Å². The highest BCUT2D eigenvalue weighted by Crippen LogP contribution is 2.24. The fourth-order valence-electron chi connectivity index (χ4n) is 1.61. The van der Waals surface area contributed by atoms with Crippen molar-refractivity contribution in [1.82, 2.24) is 0 Å². The molecule has 5 nitrogen and oxygen atoms in total. The fourth-order valence-corrected chi connectivity index (χ4v) is 1.61. The van der Waals surface area contributed by atoms with Gasteiger partial charge in [0.1, 0.15) is 5.76 Å². The van der Waals surface area contributed by atoms with E-state index in [1.165, 1.54) is 0 Å². The molecule has 1 aromatic carbocycles. The lowest BCUT2D eigenvalue weighted by atomic mass is 10.1. The summed E-state index contributed by atoms with van der Waals surface area (Å²) >= 11 is 0. The van der Waals surface area contributed by atoms with Gasteiger partial charge < -0.3 is 20.5 Å². The zero-order valence-electron chi connectivity index (χ0n) is 9.87. The van der Waals surface area contributed by atoms with E-state index >= 15 is 0 Å². The van der Waals surface area contributed by atoms with E-state index in [-0.39, 0.29) is 5.84 Å². The SMILES string of the molecule is CC(O)c1ccc(-c2ccc(C(N)=NO)o2)cc1. The zero-order valence-corrected chi connectivity index (χ0v) is 9.87. The predicted molar refractivity (Wildman–Crippen MR) is 67.3 cm³/mol. The number of furan rings is 1. The zero-order chi connectivity index (χ0) is 13.1. The average molecular weight is 246 g/mol. The summed E-state index contributed by atoms with van der Waals surface area (Å²) in [4.78, 5) is 0. The third-order valence-corrected chi connectivity index (χ3v) is 2.64. The van der Waals surface area contributed by atoms with Crippen molar-refractivity contribution in [2.45, 2.75) is 13.0 Å². The van der Waals surface area contributed by atoms with E-state index in [0.717, 1.165) is 11.1 Å². The molecule has 94 valence electrons. The van der Waals surface area contributed by atoms with Crippen LogP contribution in [0, 0.1) is 0 Å². The molecule has 2 rings (SSSR count). The molecule has 0 saturated heterocycles. The topological polar surface area (TPSA) is 92.0 Å². The molecule has 1 atom stereocenters. The normalized spacial score (nSPS) is 13.6. The largest absolute Gasteiger partial charge is 0.453 e. The average Bonchev–Trinajstić information content (AvgIpc) is 2.87. The van der Waals surface area contributed by atoms with Gasteiger partial charge in [0, 0.05) is 5.56 Å². The van der Waals surface area contributed by atoms with E-state index in [1.54, 1.807) is 19.1 Å². The Bertz CT molecular complexity index is 556. The van der Waals surface area contributed by atoms with Gasteiger partial charge in [0.2, 0.25) is 5.84 Å². The first-order valence-corrected chi connectivity index (χ1v) is 5.48. The Morgan fingerprint density at radius 3 is 2.44 bits per heavy atom. The second-order valence-corrected chi connectivity index (χ2v) is 3.95. The molecule has 1 heterocycles. The van der Waals surface area contributed by atoms with E-state index < -0.39 is 6.10 Å². The molecule has 0 fully saturated rings. The van der Waals surface area contributed by atoms with Gasteiger partial charge in [0.25, 0.3) is 0 Å². The van der Waals surface area contributed by atoms with Gasteiger partial charge in [0.15, 0.2) is 5.76 Å². The summed E-state index contributed by atoms with van der Waals surface area (Å²) in [7, 11) is 0. The van der Waals surface area contributed by atoms with Crippen LogP contribution in [0.1, 0.15) is 24.4 Å². The molecule has 2 aromatic rings. The smallest absolute Gasteiger partial charge is 0.205 e. The third-order valence-electron chi connectivity index (χ3n) is 2.64. The van der Waals surface area contributed by atoms with Crippen molar-refractivity contribution < 1.29 is 14.7 Å². The first-order chi connectivity index (χ1) is 8.61. The number of nitrogens with zero attached hydrogens (tertiary/aromatic N) is 1. The summed E-state index contributed by atoms with van der Waals surface area (Å²) in [5.74, 6) is 0.864. The van der Waals surface area contributed by atoms with Crippen LogP contribution in [0.15, 0.2) is 46.0 Å². The molecule has 0 radical (unpaired) electrons. The number of amidine groups is 1. The molecule has 4 N–H and O–H groups in total. The van der Waals surface area contributed by atoms with Crippen molar-refractivity contribution in [3.8, 4) is 11.3 Å². The molecule has 18 heavy (non-hydrogen) atoms. The molecule has 0 spiro atoms. The van der Waals surface area contributed by atoms with Crippen molar-refractivity contribution in [3.63, 3.8) is 0 Å². The molecular formula is C13H14N2O3. The molecule has 1 unspecified atom stereocenters.